The Labute approximate surface area is 187 Å². The minimum absolute atomic E-state index is 0.0372. The lowest BCUT2D eigenvalue weighted by atomic mass is 10.0. The van der Waals surface area contributed by atoms with Gasteiger partial charge in [-0.25, -0.2) is 13.8 Å². The molecule has 0 aliphatic carbocycles. The molecule has 1 amide bonds. The van der Waals surface area contributed by atoms with E-state index in [4.69, 9.17) is 10.5 Å². The molecule has 1 aliphatic rings. The number of primary amides is 1. The first-order valence-electron chi connectivity index (χ1n) is 10.0. The summed E-state index contributed by atoms with van der Waals surface area (Å²) in [6.07, 6.45) is 1.04. The molecule has 164 valence electrons. The molecule has 1 aliphatic heterocycles. The Hall–Kier alpha value is -3.51. The van der Waals surface area contributed by atoms with Crippen LogP contribution in [-0.4, -0.2) is 30.1 Å². The first-order valence-corrected chi connectivity index (χ1v) is 10.9. The van der Waals surface area contributed by atoms with Crippen molar-refractivity contribution in [3.63, 3.8) is 0 Å². The number of piperidine rings is 1. The maximum absolute atomic E-state index is 13.9. The van der Waals surface area contributed by atoms with Crippen molar-refractivity contribution in [3.05, 3.63) is 64.3 Å². The summed E-state index contributed by atoms with van der Waals surface area (Å²) in [5, 5.41) is 10.1. The Morgan fingerprint density at radius 3 is 2.66 bits per heavy atom. The summed E-state index contributed by atoms with van der Waals surface area (Å²) in [6.45, 7) is 3.04. The molecular formula is C23H20F2N4O2S. The van der Waals surface area contributed by atoms with Gasteiger partial charge in [0.1, 0.15) is 17.6 Å². The van der Waals surface area contributed by atoms with Crippen LogP contribution in [0.25, 0.3) is 10.4 Å². The second-order valence-electron chi connectivity index (χ2n) is 7.50. The quantitative estimate of drug-likeness (QED) is 0.616. The van der Waals surface area contributed by atoms with Crippen LogP contribution in [0.4, 0.5) is 14.5 Å². The van der Waals surface area contributed by atoms with Gasteiger partial charge in [-0.05, 0) is 37.3 Å². The zero-order chi connectivity index (χ0) is 22.8. The lowest BCUT2D eigenvalue weighted by molar-refractivity contribution is 0.0996. The van der Waals surface area contributed by atoms with Crippen LogP contribution in [0.1, 0.15) is 33.9 Å². The molecule has 3 aromatic rings. The number of nitriles is 1. The molecule has 0 saturated carbocycles. The maximum Gasteiger partial charge on any atom is 0.268 e. The van der Waals surface area contributed by atoms with Gasteiger partial charge in [0.2, 0.25) is 0 Å². The van der Waals surface area contributed by atoms with Crippen LogP contribution < -0.4 is 15.4 Å². The highest BCUT2D eigenvalue weighted by Crippen LogP contribution is 2.39. The molecule has 1 fully saturated rings. The van der Waals surface area contributed by atoms with Gasteiger partial charge in [0.25, 0.3) is 5.91 Å². The van der Waals surface area contributed by atoms with Gasteiger partial charge in [-0.15, -0.1) is 11.3 Å². The number of thiazole rings is 1. The molecule has 0 radical (unpaired) electrons. The number of nitrogens with zero attached hydrogens (tertiary/aromatic N) is 3. The molecule has 2 N–H and O–H groups in total. The van der Waals surface area contributed by atoms with Crippen molar-refractivity contribution in [1.29, 1.82) is 5.26 Å². The van der Waals surface area contributed by atoms with Gasteiger partial charge in [-0.3, -0.25) is 4.79 Å². The van der Waals surface area contributed by atoms with Crippen molar-refractivity contribution >= 4 is 22.9 Å². The third-order valence-corrected chi connectivity index (χ3v) is 6.31. The summed E-state index contributed by atoms with van der Waals surface area (Å²) in [6, 6.07) is 10.7. The number of halogens is 2. The average molecular weight is 455 g/mol. The number of anilines is 1. The van der Waals surface area contributed by atoms with E-state index in [-0.39, 0.29) is 17.5 Å². The topological polar surface area (TPSA) is 92.2 Å². The minimum atomic E-state index is -0.721. The molecule has 9 heteroatoms. The monoisotopic (exact) mass is 454 g/mol. The number of rotatable bonds is 5. The summed E-state index contributed by atoms with van der Waals surface area (Å²) >= 11 is 1.35. The van der Waals surface area contributed by atoms with E-state index in [1.165, 1.54) is 23.5 Å². The Balaban J connectivity index is 1.58. The van der Waals surface area contributed by atoms with Crippen LogP contribution in [0.2, 0.25) is 0 Å². The summed E-state index contributed by atoms with van der Waals surface area (Å²) in [5.41, 5.74) is 7.78. The highest BCUT2D eigenvalue weighted by molar-refractivity contribution is 7.15. The number of benzene rings is 2. The number of hydrogen-bond acceptors (Lipinski definition) is 6. The molecule has 0 bridgehead atoms. The molecule has 4 rings (SSSR count). The molecule has 6 nitrogen and oxygen atoms in total. The minimum Gasteiger partial charge on any atom is -0.487 e. The smallest absolute Gasteiger partial charge is 0.268 e. The van der Waals surface area contributed by atoms with Crippen molar-refractivity contribution < 1.29 is 18.3 Å². The first-order chi connectivity index (χ1) is 15.4. The van der Waals surface area contributed by atoms with E-state index < -0.39 is 17.5 Å². The van der Waals surface area contributed by atoms with Gasteiger partial charge in [0.15, 0.2) is 11.6 Å². The number of amides is 1. The third kappa shape index (κ3) is 4.41. The molecule has 1 saturated heterocycles. The first kappa shape index (κ1) is 21.7. The molecule has 2 heterocycles. The highest BCUT2D eigenvalue weighted by Gasteiger charge is 2.26. The largest absolute Gasteiger partial charge is 0.487 e. The second-order valence-corrected chi connectivity index (χ2v) is 8.70. The lowest BCUT2D eigenvalue weighted by Crippen LogP contribution is -2.38. The maximum atomic E-state index is 13.9. The second kappa shape index (κ2) is 8.93. The van der Waals surface area contributed by atoms with Crippen molar-refractivity contribution in [2.45, 2.75) is 25.9 Å². The van der Waals surface area contributed by atoms with Crippen molar-refractivity contribution in [3.8, 4) is 22.3 Å². The van der Waals surface area contributed by atoms with Crippen LogP contribution in [0, 0.1) is 29.9 Å². The fourth-order valence-corrected chi connectivity index (χ4v) is 4.75. The van der Waals surface area contributed by atoms with E-state index >= 15 is 0 Å². The van der Waals surface area contributed by atoms with Gasteiger partial charge >= 0.3 is 0 Å². The SMILES string of the molecule is Cc1nc(C(N)=O)c(-c2cc(C#N)ccc2N2CCC(Oc3ccc(F)cc3F)CC2)s1. The predicted molar refractivity (Wildman–Crippen MR) is 118 cm³/mol. The van der Waals surface area contributed by atoms with E-state index in [0.717, 1.165) is 17.3 Å². The third-order valence-electron chi connectivity index (χ3n) is 5.31. The van der Waals surface area contributed by atoms with E-state index in [1.54, 1.807) is 19.1 Å². The molecule has 1 aromatic heterocycles. The van der Waals surface area contributed by atoms with Crippen LogP contribution in [0.15, 0.2) is 36.4 Å². The van der Waals surface area contributed by atoms with Gasteiger partial charge in [-0.2, -0.15) is 5.26 Å². The zero-order valence-corrected chi connectivity index (χ0v) is 18.1. The fraction of sp³-hybridized carbons (Fsp3) is 0.261. The van der Waals surface area contributed by atoms with E-state index in [1.807, 2.05) is 6.07 Å². The van der Waals surface area contributed by atoms with Crippen molar-refractivity contribution in [1.82, 2.24) is 4.98 Å². The van der Waals surface area contributed by atoms with Crippen LogP contribution >= 0.6 is 11.3 Å². The Morgan fingerprint density at radius 2 is 2.00 bits per heavy atom. The average Bonchev–Trinajstić information content (AvgIpc) is 3.18. The number of nitrogens with two attached hydrogens (primary N) is 1. The standard InChI is InChI=1S/C23H20F2N4O2S/c1-13-28-21(23(27)30)22(32-13)17-10-14(12-26)2-4-19(17)29-8-6-16(7-9-29)31-20-5-3-15(24)11-18(20)25/h2-5,10-11,16H,6-9H2,1H3,(H2,27,30). The Bertz CT molecular complexity index is 1210. The Morgan fingerprint density at radius 1 is 1.25 bits per heavy atom. The summed E-state index contributed by atoms with van der Waals surface area (Å²) < 4.78 is 32.8. The molecule has 2 aromatic carbocycles. The van der Waals surface area contributed by atoms with Gasteiger partial charge in [0.05, 0.1) is 21.5 Å². The number of carbonyl (C=O) groups excluding carboxylic acids is 1. The number of carbonyl (C=O) groups is 1. The summed E-state index contributed by atoms with van der Waals surface area (Å²) in [7, 11) is 0. The molecule has 32 heavy (non-hydrogen) atoms. The Kier molecular flexibility index (Phi) is 6.06. The number of aryl methyl sites for hydroxylation is 1. The van der Waals surface area contributed by atoms with Gasteiger partial charge in [0, 0.05) is 43.2 Å². The number of aromatic nitrogens is 1. The predicted octanol–water partition coefficient (Wildman–Crippen LogP) is 4.42. The summed E-state index contributed by atoms with van der Waals surface area (Å²) in [5.74, 6) is -1.95. The summed E-state index contributed by atoms with van der Waals surface area (Å²) in [4.78, 5) is 19.0. The van der Waals surface area contributed by atoms with E-state index in [9.17, 15) is 18.8 Å². The normalized spacial score (nSPS) is 14.2. The van der Waals surface area contributed by atoms with Crippen LogP contribution in [0.3, 0.4) is 0 Å². The van der Waals surface area contributed by atoms with Crippen LogP contribution in [0.5, 0.6) is 5.75 Å². The van der Waals surface area contributed by atoms with E-state index in [0.29, 0.717) is 41.4 Å². The van der Waals surface area contributed by atoms with Gasteiger partial charge < -0.3 is 15.4 Å². The van der Waals surface area contributed by atoms with E-state index in [2.05, 4.69) is 16.0 Å². The lowest BCUT2D eigenvalue weighted by Gasteiger charge is -2.35. The van der Waals surface area contributed by atoms with Gasteiger partial charge in [-0.1, -0.05) is 0 Å². The number of ether oxygens (including phenoxy) is 1. The van der Waals surface area contributed by atoms with Crippen LogP contribution in [-0.2, 0) is 0 Å². The molecular weight excluding hydrogens is 434 g/mol. The zero-order valence-electron chi connectivity index (χ0n) is 17.3. The van der Waals surface area contributed by atoms with Crippen molar-refractivity contribution in [2.75, 3.05) is 18.0 Å². The molecule has 0 atom stereocenters. The van der Waals surface area contributed by atoms with Crippen molar-refractivity contribution in [2.24, 2.45) is 5.73 Å². The molecule has 0 spiro atoms. The molecule has 0 unspecified atom stereocenters. The number of hydrogen-bond donors (Lipinski definition) is 1. The fourth-order valence-electron chi connectivity index (χ4n) is 3.80. The highest BCUT2D eigenvalue weighted by atomic mass is 32.1.